The molecule has 2 N–H and O–H groups in total. The largest absolute Gasteiger partial charge is 0.362 e. The first-order chi connectivity index (χ1) is 18.0. The smallest absolute Gasteiger partial charge is 0.225 e. The maximum atomic E-state index is 13.3. The van der Waals surface area contributed by atoms with E-state index in [9.17, 15) is 9.59 Å². The minimum absolute atomic E-state index is 0.0686. The molecule has 0 bridgehead atoms. The van der Waals surface area contributed by atoms with Crippen molar-refractivity contribution in [2.24, 2.45) is 11.8 Å². The fourth-order valence-electron chi connectivity index (χ4n) is 6.46. The first-order valence-corrected chi connectivity index (χ1v) is 14.2. The molecule has 2 fully saturated rings. The van der Waals surface area contributed by atoms with Crippen LogP contribution in [0, 0.1) is 11.8 Å². The molecular weight excluding hydrogens is 462 g/mol. The third-order valence-electron chi connectivity index (χ3n) is 8.49. The van der Waals surface area contributed by atoms with E-state index in [2.05, 4.69) is 29.6 Å². The summed E-state index contributed by atoms with van der Waals surface area (Å²) in [6, 6.07) is 9.93. The molecule has 7 nitrogen and oxygen atoms in total. The quantitative estimate of drug-likeness (QED) is 0.520. The average molecular weight is 504 g/mol. The molecule has 1 aromatic heterocycles. The molecule has 1 amide bonds. The van der Waals surface area contributed by atoms with Gasteiger partial charge in [-0.15, -0.1) is 0 Å². The third-order valence-corrected chi connectivity index (χ3v) is 8.49. The van der Waals surface area contributed by atoms with Gasteiger partial charge in [-0.3, -0.25) is 9.59 Å². The van der Waals surface area contributed by atoms with Crippen molar-refractivity contribution in [2.45, 2.75) is 89.1 Å². The van der Waals surface area contributed by atoms with Gasteiger partial charge in [0.1, 0.15) is 5.82 Å². The number of fused-ring (bicyclic) bond motifs is 1. The molecule has 0 saturated heterocycles. The van der Waals surface area contributed by atoms with Crippen molar-refractivity contribution < 1.29 is 9.59 Å². The van der Waals surface area contributed by atoms with Crippen LogP contribution in [0.3, 0.4) is 0 Å². The van der Waals surface area contributed by atoms with E-state index in [0.717, 1.165) is 81.5 Å². The molecule has 3 aliphatic carbocycles. The van der Waals surface area contributed by atoms with Gasteiger partial charge in [0.25, 0.3) is 0 Å². The van der Waals surface area contributed by atoms with E-state index in [1.807, 2.05) is 30.3 Å². The van der Waals surface area contributed by atoms with Crippen molar-refractivity contribution >= 4 is 23.5 Å². The van der Waals surface area contributed by atoms with Crippen LogP contribution in [0.15, 0.2) is 30.3 Å². The molecular formula is C30H41N5O2. The average Bonchev–Trinajstić information content (AvgIpc) is 2.93. The van der Waals surface area contributed by atoms with Crippen molar-refractivity contribution in [3.63, 3.8) is 0 Å². The van der Waals surface area contributed by atoms with Gasteiger partial charge in [0.2, 0.25) is 11.9 Å². The minimum atomic E-state index is -0.217. The summed E-state index contributed by atoms with van der Waals surface area (Å²) < 4.78 is 0. The highest BCUT2D eigenvalue weighted by Crippen LogP contribution is 2.34. The van der Waals surface area contributed by atoms with Crippen LogP contribution in [-0.2, 0) is 17.6 Å². The predicted octanol–water partition coefficient (Wildman–Crippen LogP) is 4.95. The second kappa shape index (κ2) is 11.6. The fourth-order valence-corrected chi connectivity index (χ4v) is 6.46. The Balaban J connectivity index is 1.16. The fraction of sp³-hybridized carbons (Fsp3) is 0.600. The Labute approximate surface area is 220 Å². The highest BCUT2D eigenvalue weighted by molar-refractivity contribution is 6.00. The van der Waals surface area contributed by atoms with E-state index >= 15 is 0 Å². The van der Waals surface area contributed by atoms with Gasteiger partial charge in [-0.2, -0.15) is 4.98 Å². The number of nitrogens with zero attached hydrogens (tertiary/aromatic N) is 3. The van der Waals surface area contributed by atoms with Crippen molar-refractivity contribution in [3.8, 4) is 0 Å². The highest BCUT2D eigenvalue weighted by atomic mass is 16.2. The number of nitrogens with one attached hydrogen (secondary N) is 2. The van der Waals surface area contributed by atoms with Crippen LogP contribution in [-0.4, -0.2) is 47.8 Å². The van der Waals surface area contributed by atoms with Gasteiger partial charge >= 0.3 is 0 Å². The van der Waals surface area contributed by atoms with E-state index in [4.69, 9.17) is 9.97 Å². The van der Waals surface area contributed by atoms with Crippen molar-refractivity contribution in [1.82, 2.24) is 15.3 Å². The second-order valence-corrected chi connectivity index (χ2v) is 11.3. The Morgan fingerprint density at radius 1 is 0.811 bits per heavy atom. The van der Waals surface area contributed by atoms with E-state index in [1.54, 1.807) is 0 Å². The Morgan fingerprint density at radius 3 is 2.22 bits per heavy atom. The Morgan fingerprint density at radius 2 is 1.49 bits per heavy atom. The van der Waals surface area contributed by atoms with Gasteiger partial charge in [0.15, 0.2) is 5.78 Å². The Bertz CT molecular complexity index is 1090. The van der Waals surface area contributed by atoms with E-state index in [-0.39, 0.29) is 29.6 Å². The molecule has 2 saturated carbocycles. The number of benzene rings is 1. The molecule has 1 heterocycles. The standard InChI is InChI=1S/C30H41N5O2/c1-35(2)28-25-14-8-9-15-26(25)33-30(34-28)32-22-18-16-21(17-19-22)31-29(37)24-13-7-6-12-23(24)27(36)20-10-4-3-5-11-20/h3-5,10-11,21-24H,6-9,12-19H2,1-2H3,(H,31,37)(H,32,33,34). The molecule has 1 aromatic carbocycles. The summed E-state index contributed by atoms with van der Waals surface area (Å²) in [7, 11) is 4.11. The van der Waals surface area contributed by atoms with Crippen molar-refractivity contribution in [1.29, 1.82) is 0 Å². The van der Waals surface area contributed by atoms with Gasteiger partial charge in [-0.05, 0) is 64.2 Å². The summed E-state index contributed by atoms with van der Waals surface area (Å²) in [4.78, 5) is 38.3. The monoisotopic (exact) mass is 503 g/mol. The molecule has 2 unspecified atom stereocenters. The first kappa shape index (κ1) is 25.7. The van der Waals surface area contributed by atoms with Crippen LogP contribution in [0.5, 0.6) is 0 Å². The lowest BCUT2D eigenvalue weighted by Gasteiger charge is -2.34. The maximum Gasteiger partial charge on any atom is 0.225 e. The topological polar surface area (TPSA) is 87.2 Å². The number of carbonyl (C=O) groups excluding carboxylic acids is 2. The van der Waals surface area contributed by atoms with Gasteiger partial charge in [-0.1, -0.05) is 43.2 Å². The minimum Gasteiger partial charge on any atom is -0.362 e. The summed E-state index contributed by atoms with van der Waals surface area (Å²) in [6.07, 6.45) is 11.9. The lowest BCUT2D eigenvalue weighted by atomic mass is 9.74. The van der Waals surface area contributed by atoms with Crippen LogP contribution in [0.4, 0.5) is 11.8 Å². The SMILES string of the molecule is CN(C)c1nc(NC2CCC(NC(=O)C3CCCCC3C(=O)c3ccccc3)CC2)nc2c1CCCC2. The summed E-state index contributed by atoms with van der Waals surface area (Å²) >= 11 is 0. The Hall–Kier alpha value is -2.96. The number of aromatic nitrogens is 2. The number of hydrogen-bond donors (Lipinski definition) is 2. The highest BCUT2D eigenvalue weighted by Gasteiger charge is 2.37. The molecule has 0 aliphatic heterocycles. The summed E-state index contributed by atoms with van der Waals surface area (Å²) in [5, 5.41) is 6.91. The number of amides is 1. The summed E-state index contributed by atoms with van der Waals surface area (Å²) in [5.74, 6) is 1.54. The third kappa shape index (κ3) is 5.97. The number of carbonyl (C=O) groups is 2. The van der Waals surface area contributed by atoms with Crippen LogP contribution in [0.2, 0.25) is 0 Å². The van der Waals surface area contributed by atoms with Crippen LogP contribution >= 0.6 is 0 Å². The lowest BCUT2D eigenvalue weighted by molar-refractivity contribution is -0.128. The molecule has 37 heavy (non-hydrogen) atoms. The lowest BCUT2D eigenvalue weighted by Crippen LogP contribution is -2.46. The normalized spacial score (nSPS) is 25.6. The van der Waals surface area contributed by atoms with Gasteiger partial charge in [-0.25, -0.2) is 4.98 Å². The summed E-state index contributed by atoms with van der Waals surface area (Å²) in [6.45, 7) is 0. The summed E-state index contributed by atoms with van der Waals surface area (Å²) in [5.41, 5.74) is 3.22. The number of Topliss-reactive ketones (excluding diaryl/α,β-unsaturated/α-hetero) is 1. The number of hydrogen-bond acceptors (Lipinski definition) is 6. The van der Waals surface area contributed by atoms with Crippen LogP contribution in [0.1, 0.15) is 85.8 Å². The second-order valence-electron chi connectivity index (χ2n) is 11.3. The zero-order valence-electron chi connectivity index (χ0n) is 22.3. The van der Waals surface area contributed by atoms with E-state index in [0.29, 0.717) is 6.04 Å². The van der Waals surface area contributed by atoms with Gasteiger partial charge in [0, 0.05) is 49.1 Å². The zero-order valence-corrected chi connectivity index (χ0v) is 22.3. The molecule has 198 valence electrons. The number of anilines is 2. The maximum absolute atomic E-state index is 13.3. The number of aryl methyl sites for hydroxylation is 1. The van der Waals surface area contributed by atoms with Crippen LogP contribution in [0.25, 0.3) is 0 Å². The molecule has 2 atom stereocenters. The number of ketones is 1. The predicted molar refractivity (Wildman–Crippen MR) is 147 cm³/mol. The molecule has 0 radical (unpaired) electrons. The molecule has 2 aromatic rings. The Kier molecular flexibility index (Phi) is 8.06. The molecule has 7 heteroatoms. The molecule has 3 aliphatic rings. The van der Waals surface area contributed by atoms with Crippen LogP contribution < -0.4 is 15.5 Å². The van der Waals surface area contributed by atoms with E-state index < -0.39 is 0 Å². The zero-order chi connectivity index (χ0) is 25.8. The molecule has 0 spiro atoms. The van der Waals surface area contributed by atoms with Gasteiger partial charge < -0.3 is 15.5 Å². The number of rotatable bonds is 7. The van der Waals surface area contributed by atoms with Gasteiger partial charge in [0.05, 0.1) is 5.69 Å². The molecule has 5 rings (SSSR count). The van der Waals surface area contributed by atoms with Crippen molar-refractivity contribution in [3.05, 3.63) is 47.2 Å². The van der Waals surface area contributed by atoms with Crippen molar-refractivity contribution in [2.75, 3.05) is 24.3 Å². The van der Waals surface area contributed by atoms with E-state index in [1.165, 1.54) is 24.1 Å². The first-order valence-electron chi connectivity index (χ1n) is 14.2.